The number of anilines is 2. The fraction of sp³-hybridized carbons (Fsp3) is 0.480. The van der Waals surface area contributed by atoms with Crippen molar-refractivity contribution in [2.45, 2.75) is 44.6 Å². The van der Waals surface area contributed by atoms with E-state index in [0.29, 0.717) is 55.7 Å². The first-order chi connectivity index (χ1) is 17.0. The Kier molecular flexibility index (Phi) is 7.12. The van der Waals surface area contributed by atoms with E-state index in [1.54, 1.807) is 12.3 Å². The van der Waals surface area contributed by atoms with Crippen LogP contribution in [0.25, 0.3) is 11.0 Å². The highest BCUT2D eigenvalue weighted by Crippen LogP contribution is 2.30. The van der Waals surface area contributed by atoms with Gasteiger partial charge < -0.3 is 14.6 Å². The summed E-state index contributed by atoms with van der Waals surface area (Å²) in [7, 11) is -3.29. The van der Waals surface area contributed by atoms with E-state index in [0.717, 1.165) is 24.1 Å². The third kappa shape index (κ3) is 5.55. The minimum atomic E-state index is -3.29. The number of hydrogen-bond donors (Lipinski definition) is 1. The number of morpholine rings is 1. The highest BCUT2D eigenvalue weighted by atomic mass is 32.2. The van der Waals surface area contributed by atoms with E-state index in [9.17, 15) is 13.2 Å². The van der Waals surface area contributed by atoms with Crippen LogP contribution in [0.15, 0.2) is 47.5 Å². The zero-order valence-electron chi connectivity index (χ0n) is 19.7. The Morgan fingerprint density at radius 3 is 2.51 bits per heavy atom. The molecule has 0 radical (unpaired) electrons. The van der Waals surface area contributed by atoms with Crippen LogP contribution in [0.2, 0.25) is 0 Å². The highest BCUT2D eigenvalue weighted by Gasteiger charge is 2.24. The molecule has 0 atom stereocenters. The number of aryl methyl sites for hydroxylation is 1. The average molecular weight is 498 g/mol. The van der Waals surface area contributed by atoms with Crippen molar-refractivity contribution in [1.29, 1.82) is 0 Å². The monoisotopic (exact) mass is 497 g/mol. The average Bonchev–Trinajstić information content (AvgIpc) is 2.90. The van der Waals surface area contributed by atoms with Crippen molar-refractivity contribution in [3.05, 3.63) is 58.5 Å². The summed E-state index contributed by atoms with van der Waals surface area (Å²) in [6.45, 7) is 1.75. The summed E-state index contributed by atoms with van der Waals surface area (Å²) in [6.07, 6.45) is 9.71. The number of nitrogens with zero attached hydrogens (tertiary/aromatic N) is 4. The zero-order chi connectivity index (χ0) is 24.3. The number of rotatable bonds is 7. The van der Waals surface area contributed by atoms with E-state index in [2.05, 4.69) is 14.9 Å². The molecule has 3 heterocycles. The van der Waals surface area contributed by atoms with Gasteiger partial charge in [-0.15, -0.1) is 0 Å². The number of hydrogen-bond acceptors (Lipinski definition) is 7. The molecule has 0 bridgehead atoms. The van der Waals surface area contributed by atoms with Crippen LogP contribution in [0.4, 0.5) is 11.6 Å². The minimum absolute atomic E-state index is 0.0741. The van der Waals surface area contributed by atoms with E-state index in [4.69, 9.17) is 9.72 Å². The van der Waals surface area contributed by atoms with Crippen LogP contribution in [0, 0.1) is 0 Å². The van der Waals surface area contributed by atoms with Gasteiger partial charge in [-0.05, 0) is 37.0 Å². The number of fused-ring (bicyclic) bond motifs is 1. The SMILES string of the molecule is O=c1ccn(C2CCCCC2)c2nc(Nc3ccc(CCS(=O)(=O)N4CCOCC4)cc3)ncc12. The summed E-state index contributed by atoms with van der Waals surface area (Å²) in [4.78, 5) is 21.4. The van der Waals surface area contributed by atoms with Gasteiger partial charge in [-0.3, -0.25) is 4.79 Å². The number of ether oxygens (including phenoxy) is 1. The molecule has 186 valence electrons. The fourth-order valence-electron chi connectivity index (χ4n) is 4.85. The fourth-order valence-corrected chi connectivity index (χ4v) is 6.31. The first kappa shape index (κ1) is 23.9. The molecular weight excluding hydrogens is 466 g/mol. The van der Waals surface area contributed by atoms with E-state index >= 15 is 0 Å². The summed E-state index contributed by atoms with van der Waals surface area (Å²) >= 11 is 0. The Morgan fingerprint density at radius 2 is 1.77 bits per heavy atom. The largest absolute Gasteiger partial charge is 0.379 e. The van der Waals surface area contributed by atoms with Gasteiger partial charge in [0.25, 0.3) is 0 Å². The predicted molar refractivity (Wildman–Crippen MR) is 136 cm³/mol. The molecule has 3 aromatic rings. The van der Waals surface area contributed by atoms with Crippen molar-refractivity contribution < 1.29 is 13.2 Å². The first-order valence-electron chi connectivity index (χ1n) is 12.3. The van der Waals surface area contributed by atoms with Crippen LogP contribution in [0.1, 0.15) is 43.7 Å². The summed E-state index contributed by atoms with van der Waals surface area (Å²) in [5.74, 6) is 0.502. The van der Waals surface area contributed by atoms with Crippen LogP contribution in [-0.2, 0) is 21.2 Å². The van der Waals surface area contributed by atoms with Gasteiger partial charge in [0.05, 0.1) is 24.4 Å². The molecule has 5 rings (SSSR count). The molecule has 35 heavy (non-hydrogen) atoms. The third-order valence-corrected chi connectivity index (χ3v) is 8.73. The molecule has 0 unspecified atom stereocenters. The lowest BCUT2D eigenvalue weighted by atomic mass is 9.95. The van der Waals surface area contributed by atoms with Gasteiger partial charge in [0.2, 0.25) is 16.0 Å². The van der Waals surface area contributed by atoms with Crippen molar-refractivity contribution in [3.63, 3.8) is 0 Å². The van der Waals surface area contributed by atoms with Crippen molar-refractivity contribution in [2.75, 3.05) is 37.4 Å². The number of pyridine rings is 1. The van der Waals surface area contributed by atoms with Crippen molar-refractivity contribution in [3.8, 4) is 0 Å². The second-order valence-corrected chi connectivity index (χ2v) is 11.3. The molecular formula is C25H31N5O4S. The molecule has 0 amide bonds. The number of aromatic nitrogens is 3. The second-order valence-electron chi connectivity index (χ2n) is 9.21. The van der Waals surface area contributed by atoms with Crippen LogP contribution in [-0.4, -0.2) is 59.3 Å². The van der Waals surface area contributed by atoms with Crippen LogP contribution in [0.3, 0.4) is 0 Å². The van der Waals surface area contributed by atoms with Gasteiger partial charge in [-0.2, -0.15) is 9.29 Å². The Hall–Kier alpha value is -2.82. The second kappa shape index (κ2) is 10.4. The molecule has 1 aromatic carbocycles. The number of nitrogens with one attached hydrogen (secondary N) is 1. The maximum Gasteiger partial charge on any atom is 0.229 e. The van der Waals surface area contributed by atoms with Crippen molar-refractivity contribution in [1.82, 2.24) is 18.8 Å². The molecule has 2 aromatic heterocycles. The normalized spacial score (nSPS) is 18.1. The quantitative estimate of drug-likeness (QED) is 0.534. The predicted octanol–water partition coefficient (Wildman–Crippen LogP) is 3.24. The van der Waals surface area contributed by atoms with Crippen LogP contribution < -0.4 is 10.7 Å². The molecule has 10 heteroatoms. The first-order valence-corrected chi connectivity index (χ1v) is 13.9. The zero-order valence-corrected chi connectivity index (χ0v) is 20.5. The molecule has 1 aliphatic carbocycles. The topological polar surface area (TPSA) is 106 Å². The Bertz CT molecular complexity index is 1330. The summed E-state index contributed by atoms with van der Waals surface area (Å²) in [5.41, 5.74) is 2.33. The Balaban J connectivity index is 1.29. The third-order valence-electron chi connectivity index (χ3n) is 6.86. The molecule has 1 aliphatic heterocycles. The molecule has 1 saturated heterocycles. The Morgan fingerprint density at radius 1 is 1.03 bits per heavy atom. The molecule has 1 N–H and O–H groups in total. The van der Waals surface area contributed by atoms with E-state index in [1.165, 1.54) is 23.6 Å². The summed E-state index contributed by atoms with van der Waals surface area (Å²) < 4.78 is 34.0. The molecule has 0 spiro atoms. The van der Waals surface area contributed by atoms with Crippen molar-refractivity contribution in [2.24, 2.45) is 0 Å². The maximum absolute atomic E-state index is 12.6. The van der Waals surface area contributed by atoms with Gasteiger partial charge in [-0.1, -0.05) is 31.4 Å². The minimum Gasteiger partial charge on any atom is -0.379 e. The van der Waals surface area contributed by atoms with Crippen LogP contribution in [0.5, 0.6) is 0 Å². The molecule has 9 nitrogen and oxygen atoms in total. The molecule has 1 saturated carbocycles. The van der Waals surface area contributed by atoms with Gasteiger partial charge in [0.15, 0.2) is 5.43 Å². The lowest BCUT2D eigenvalue weighted by Gasteiger charge is -2.26. The standard InChI is InChI=1S/C25H31N5O4S/c31-23-10-12-30(21-4-2-1-3-5-21)24-22(23)18-26-25(28-24)27-20-8-6-19(7-9-20)11-17-35(32,33)29-13-15-34-16-14-29/h6-10,12,18,21H,1-5,11,13-17H2,(H,26,27,28). The molecule has 2 fully saturated rings. The maximum atomic E-state index is 12.6. The van der Waals surface area contributed by atoms with Gasteiger partial charge in [-0.25, -0.2) is 13.4 Å². The van der Waals surface area contributed by atoms with Gasteiger partial charge in [0, 0.05) is 43.3 Å². The Labute approximate surface area is 205 Å². The van der Waals surface area contributed by atoms with E-state index in [-0.39, 0.29) is 11.2 Å². The summed E-state index contributed by atoms with van der Waals surface area (Å²) in [6, 6.07) is 9.56. The van der Waals surface area contributed by atoms with E-state index < -0.39 is 10.0 Å². The lowest BCUT2D eigenvalue weighted by Crippen LogP contribution is -2.42. The lowest BCUT2D eigenvalue weighted by molar-refractivity contribution is 0.0730. The van der Waals surface area contributed by atoms with Gasteiger partial charge in [0.1, 0.15) is 5.65 Å². The number of sulfonamides is 1. The van der Waals surface area contributed by atoms with Crippen molar-refractivity contribution >= 4 is 32.7 Å². The van der Waals surface area contributed by atoms with Crippen LogP contribution >= 0.6 is 0 Å². The smallest absolute Gasteiger partial charge is 0.229 e. The van der Waals surface area contributed by atoms with E-state index in [1.807, 2.05) is 30.5 Å². The molecule has 2 aliphatic rings. The summed E-state index contributed by atoms with van der Waals surface area (Å²) in [5, 5.41) is 3.75. The number of benzene rings is 1. The van der Waals surface area contributed by atoms with Gasteiger partial charge >= 0.3 is 0 Å². The highest BCUT2D eigenvalue weighted by molar-refractivity contribution is 7.89.